The number of benzene rings is 1. The molecule has 1 saturated heterocycles. The van der Waals surface area contributed by atoms with Crippen LogP contribution in [0.2, 0.25) is 0 Å². The first-order valence-electron chi connectivity index (χ1n) is 6.45. The van der Waals surface area contributed by atoms with Crippen molar-refractivity contribution in [1.29, 1.82) is 0 Å². The van der Waals surface area contributed by atoms with Crippen LogP contribution in [0.15, 0.2) is 28.7 Å². The number of aliphatic hydroxyl groups is 1. The van der Waals surface area contributed by atoms with Gasteiger partial charge in [0.25, 0.3) is 0 Å². The Hall–Kier alpha value is -0.580. The van der Waals surface area contributed by atoms with Crippen LogP contribution in [-0.4, -0.2) is 48.8 Å². The van der Waals surface area contributed by atoms with Crippen molar-refractivity contribution in [2.75, 3.05) is 31.6 Å². The lowest BCUT2D eigenvalue weighted by Gasteiger charge is -2.45. The van der Waals surface area contributed by atoms with Crippen LogP contribution in [0.1, 0.15) is 13.3 Å². The maximum absolute atomic E-state index is 9.23. The maximum Gasteiger partial charge on any atom is 0.0451 e. The number of anilines is 1. The van der Waals surface area contributed by atoms with Crippen molar-refractivity contribution in [3.05, 3.63) is 28.7 Å². The van der Waals surface area contributed by atoms with E-state index in [1.54, 1.807) is 0 Å². The lowest BCUT2D eigenvalue weighted by atomic mass is 10.0. The molecule has 0 saturated carbocycles. The van der Waals surface area contributed by atoms with Gasteiger partial charge in [-0.25, -0.2) is 0 Å². The largest absolute Gasteiger partial charge is 0.396 e. The van der Waals surface area contributed by atoms with Crippen LogP contribution in [0, 0.1) is 0 Å². The number of rotatable bonds is 3. The molecule has 1 fully saturated rings. The molecule has 0 radical (unpaired) electrons. The van der Waals surface area contributed by atoms with Gasteiger partial charge in [0, 0.05) is 41.9 Å². The third-order valence-corrected chi connectivity index (χ3v) is 4.30. The zero-order valence-corrected chi connectivity index (χ0v) is 12.6. The Bertz CT molecular complexity index is 382. The van der Waals surface area contributed by atoms with Crippen LogP contribution in [0.4, 0.5) is 5.69 Å². The highest BCUT2D eigenvalue weighted by atomic mass is 79.9. The minimum atomic E-state index is 0.250. The highest BCUT2D eigenvalue weighted by molar-refractivity contribution is 9.10. The summed E-state index contributed by atoms with van der Waals surface area (Å²) in [6.45, 7) is 4.53. The summed E-state index contributed by atoms with van der Waals surface area (Å²) in [6, 6.07) is 9.39. The van der Waals surface area contributed by atoms with Crippen molar-refractivity contribution in [2.24, 2.45) is 0 Å². The number of hydrogen-bond acceptors (Lipinski definition) is 3. The SMILES string of the molecule is CC1CN(c2ccc(Br)cc2)C(CCO)CN1C. The van der Waals surface area contributed by atoms with E-state index in [1.807, 2.05) is 0 Å². The minimum Gasteiger partial charge on any atom is -0.396 e. The predicted molar refractivity (Wildman–Crippen MR) is 79.1 cm³/mol. The molecule has 1 aliphatic rings. The number of halogens is 1. The van der Waals surface area contributed by atoms with Crippen LogP contribution >= 0.6 is 15.9 Å². The number of nitrogens with zero attached hydrogens (tertiary/aromatic N) is 2. The van der Waals surface area contributed by atoms with Gasteiger partial charge >= 0.3 is 0 Å². The van der Waals surface area contributed by atoms with Crippen molar-refractivity contribution in [2.45, 2.75) is 25.4 Å². The first-order valence-corrected chi connectivity index (χ1v) is 7.24. The molecule has 100 valence electrons. The summed E-state index contributed by atoms with van der Waals surface area (Å²) in [7, 11) is 2.16. The molecule has 1 aromatic rings. The van der Waals surface area contributed by atoms with Crippen molar-refractivity contribution in [1.82, 2.24) is 4.90 Å². The molecular formula is C14H21BrN2O. The van der Waals surface area contributed by atoms with Crippen LogP contribution in [0.25, 0.3) is 0 Å². The summed E-state index contributed by atoms with van der Waals surface area (Å²) in [5.74, 6) is 0. The van der Waals surface area contributed by atoms with Gasteiger partial charge in [-0.05, 0) is 44.7 Å². The van der Waals surface area contributed by atoms with Crippen molar-refractivity contribution < 1.29 is 5.11 Å². The topological polar surface area (TPSA) is 26.7 Å². The fourth-order valence-corrected chi connectivity index (χ4v) is 2.79. The zero-order valence-electron chi connectivity index (χ0n) is 11.0. The summed E-state index contributed by atoms with van der Waals surface area (Å²) in [4.78, 5) is 4.79. The molecule has 2 rings (SSSR count). The molecule has 18 heavy (non-hydrogen) atoms. The number of hydrogen-bond donors (Lipinski definition) is 1. The predicted octanol–water partition coefficient (Wildman–Crippen LogP) is 2.34. The van der Waals surface area contributed by atoms with Gasteiger partial charge < -0.3 is 10.0 Å². The van der Waals surface area contributed by atoms with Crippen molar-refractivity contribution in [3.63, 3.8) is 0 Å². The van der Waals surface area contributed by atoms with Gasteiger partial charge in [-0.2, -0.15) is 0 Å². The highest BCUT2D eigenvalue weighted by Crippen LogP contribution is 2.25. The molecule has 1 aromatic carbocycles. The monoisotopic (exact) mass is 312 g/mol. The van der Waals surface area contributed by atoms with Gasteiger partial charge in [0.1, 0.15) is 0 Å². The van der Waals surface area contributed by atoms with E-state index in [-0.39, 0.29) is 6.61 Å². The van der Waals surface area contributed by atoms with Gasteiger partial charge in [-0.3, -0.25) is 4.90 Å². The molecule has 2 unspecified atom stereocenters. The fraction of sp³-hybridized carbons (Fsp3) is 0.571. The van der Waals surface area contributed by atoms with E-state index in [2.05, 4.69) is 64.0 Å². The molecule has 1 aliphatic heterocycles. The Kier molecular flexibility index (Phi) is 4.65. The molecule has 3 nitrogen and oxygen atoms in total. The molecule has 2 atom stereocenters. The van der Waals surface area contributed by atoms with Crippen LogP contribution in [0.5, 0.6) is 0 Å². The Morgan fingerprint density at radius 3 is 2.56 bits per heavy atom. The molecule has 0 amide bonds. The molecule has 0 aliphatic carbocycles. The van der Waals surface area contributed by atoms with E-state index in [0.717, 1.165) is 24.0 Å². The Morgan fingerprint density at radius 2 is 1.94 bits per heavy atom. The average Bonchev–Trinajstić information content (AvgIpc) is 2.35. The second-order valence-electron chi connectivity index (χ2n) is 5.08. The number of piperazine rings is 1. The van der Waals surface area contributed by atoms with Crippen molar-refractivity contribution >= 4 is 21.6 Å². The fourth-order valence-electron chi connectivity index (χ4n) is 2.53. The number of likely N-dealkylation sites (N-methyl/N-ethyl adjacent to an activating group) is 1. The lowest BCUT2D eigenvalue weighted by Crippen LogP contribution is -2.56. The third kappa shape index (κ3) is 3.05. The Morgan fingerprint density at radius 1 is 1.28 bits per heavy atom. The molecule has 0 aromatic heterocycles. The molecule has 0 bridgehead atoms. The molecule has 0 spiro atoms. The smallest absolute Gasteiger partial charge is 0.0451 e. The van der Waals surface area contributed by atoms with Crippen LogP contribution < -0.4 is 4.90 Å². The van der Waals surface area contributed by atoms with E-state index in [4.69, 9.17) is 0 Å². The first-order chi connectivity index (χ1) is 8.61. The lowest BCUT2D eigenvalue weighted by molar-refractivity contribution is 0.177. The van der Waals surface area contributed by atoms with Crippen LogP contribution in [-0.2, 0) is 0 Å². The summed E-state index contributed by atoms with van der Waals surface area (Å²) < 4.78 is 1.10. The average molecular weight is 313 g/mol. The van der Waals surface area contributed by atoms with E-state index >= 15 is 0 Å². The first kappa shape index (κ1) is 13.8. The van der Waals surface area contributed by atoms with Gasteiger partial charge in [0.15, 0.2) is 0 Å². The summed E-state index contributed by atoms with van der Waals surface area (Å²) >= 11 is 3.47. The third-order valence-electron chi connectivity index (χ3n) is 3.77. The normalized spacial score (nSPS) is 25.4. The Balaban J connectivity index is 2.19. The summed E-state index contributed by atoms with van der Waals surface area (Å²) in [5.41, 5.74) is 1.25. The van der Waals surface area contributed by atoms with Crippen LogP contribution in [0.3, 0.4) is 0 Å². The van der Waals surface area contributed by atoms with E-state index < -0.39 is 0 Å². The maximum atomic E-state index is 9.23. The van der Waals surface area contributed by atoms with Crippen molar-refractivity contribution in [3.8, 4) is 0 Å². The Labute approximate surface area is 118 Å². The molecule has 1 N–H and O–H groups in total. The standard InChI is InChI=1S/C14H21BrN2O/c1-11-9-17(13-5-3-12(15)4-6-13)14(7-8-18)10-16(11)2/h3-6,11,14,18H,7-10H2,1-2H3. The zero-order chi connectivity index (χ0) is 13.1. The van der Waals surface area contributed by atoms with E-state index in [1.165, 1.54) is 5.69 Å². The number of aliphatic hydroxyl groups excluding tert-OH is 1. The molecular weight excluding hydrogens is 292 g/mol. The molecule has 4 heteroatoms. The van der Waals surface area contributed by atoms with E-state index in [0.29, 0.717) is 12.1 Å². The molecule has 1 heterocycles. The van der Waals surface area contributed by atoms with Gasteiger partial charge in [-0.15, -0.1) is 0 Å². The second-order valence-corrected chi connectivity index (χ2v) is 6.00. The van der Waals surface area contributed by atoms with Gasteiger partial charge in [0.05, 0.1) is 0 Å². The second kappa shape index (κ2) is 6.04. The minimum absolute atomic E-state index is 0.250. The summed E-state index contributed by atoms with van der Waals surface area (Å²) in [5, 5.41) is 9.23. The highest BCUT2D eigenvalue weighted by Gasteiger charge is 2.29. The van der Waals surface area contributed by atoms with Gasteiger partial charge in [0.2, 0.25) is 0 Å². The van der Waals surface area contributed by atoms with Gasteiger partial charge in [-0.1, -0.05) is 15.9 Å². The van der Waals surface area contributed by atoms with E-state index in [9.17, 15) is 5.11 Å². The quantitative estimate of drug-likeness (QED) is 0.928. The summed E-state index contributed by atoms with van der Waals surface area (Å²) in [6.07, 6.45) is 0.827.